The lowest BCUT2D eigenvalue weighted by Gasteiger charge is -2.39. The molecule has 9 nitrogen and oxygen atoms in total. The molecule has 0 aromatic rings. The van der Waals surface area contributed by atoms with Crippen molar-refractivity contribution in [1.29, 1.82) is 0 Å². The Balaban J connectivity index is 2.29. The Bertz CT molecular complexity index is 672. The lowest BCUT2D eigenvalue weighted by molar-refractivity contribution is -0.305. The minimum atomic E-state index is -1.53. The molecular weight excluding hydrogens is 552 g/mol. The summed E-state index contributed by atoms with van der Waals surface area (Å²) >= 11 is 0. The van der Waals surface area contributed by atoms with Gasteiger partial charge in [-0.25, -0.2) is 0 Å². The summed E-state index contributed by atoms with van der Waals surface area (Å²) in [6.07, 6.45) is 18.5. The van der Waals surface area contributed by atoms with Crippen molar-refractivity contribution in [2.24, 2.45) is 0 Å². The monoisotopic (exact) mass is 616 g/mol. The second-order valence-corrected chi connectivity index (χ2v) is 12.0. The first kappa shape index (κ1) is 40.0. The van der Waals surface area contributed by atoms with Gasteiger partial charge in [0.15, 0.2) is 6.29 Å². The van der Waals surface area contributed by atoms with E-state index in [1.54, 1.807) is 0 Å². The van der Waals surface area contributed by atoms with Crippen molar-refractivity contribution in [2.75, 3.05) is 26.4 Å². The number of carbonyl (C=O) groups excluding carboxylic acids is 1. The van der Waals surface area contributed by atoms with E-state index in [1.165, 1.54) is 70.6 Å². The van der Waals surface area contributed by atoms with Gasteiger partial charge in [-0.1, -0.05) is 103 Å². The molecule has 254 valence electrons. The van der Waals surface area contributed by atoms with Gasteiger partial charge in [0.05, 0.1) is 19.8 Å². The summed E-state index contributed by atoms with van der Waals surface area (Å²) in [5.41, 5.74) is 0. The number of aliphatic hydroxyl groups is 4. The van der Waals surface area contributed by atoms with Gasteiger partial charge in [0.2, 0.25) is 0 Å². The fraction of sp³-hybridized carbons (Fsp3) is 0.912. The largest absolute Gasteiger partial charge is 0.457 e. The summed E-state index contributed by atoms with van der Waals surface area (Å²) in [4.78, 5) is 12.5. The van der Waals surface area contributed by atoms with Gasteiger partial charge in [-0.2, -0.15) is 0 Å². The van der Waals surface area contributed by atoms with Gasteiger partial charge in [0, 0.05) is 13.0 Å². The molecule has 0 saturated carbocycles. The lowest BCUT2D eigenvalue weighted by Crippen LogP contribution is -2.59. The average Bonchev–Trinajstić information content (AvgIpc) is 3.00. The number of rotatable bonds is 28. The Morgan fingerprint density at radius 1 is 0.721 bits per heavy atom. The van der Waals surface area contributed by atoms with Crippen LogP contribution in [0, 0.1) is 0 Å². The van der Waals surface area contributed by atoms with Crippen LogP contribution in [0.1, 0.15) is 136 Å². The van der Waals surface area contributed by atoms with E-state index in [9.17, 15) is 25.2 Å². The minimum absolute atomic E-state index is 0.114. The summed E-state index contributed by atoms with van der Waals surface area (Å²) in [5.74, 6) is -0.329. The molecule has 0 aromatic heterocycles. The van der Waals surface area contributed by atoms with Crippen molar-refractivity contribution in [2.45, 2.75) is 173 Å². The summed E-state index contributed by atoms with van der Waals surface area (Å²) in [7, 11) is 0. The van der Waals surface area contributed by atoms with Gasteiger partial charge < -0.3 is 39.4 Å². The van der Waals surface area contributed by atoms with Crippen LogP contribution in [0.5, 0.6) is 0 Å². The van der Waals surface area contributed by atoms with E-state index < -0.39 is 43.4 Å². The SMILES string of the molecule is CCCCCCC/C=C\CCCCCCCCOCC(COC1OC(CO)C(O)C(O)C1O)OC(=O)CCCCCCC. The summed E-state index contributed by atoms with van der Waals surface area (Å²) in [6.45, 7) is 4.43. The van der Waals surface area contributed by atoms with Crippen molar-refractivity contribution in [3.05, 3.63) is 12.2 Å². The zero-order valence-corrected chi connectivity index (χ0v) is 27.2. The number of esters is 1. The first-order valence-corrected chi connectivity index (χ1v) is 17.3. The maximum absolute atomic E-state index is 12.5. The molecule has 1 aliphatic heterocycles. The first-order chi connectivity index (χ1) is 20.9. The molecule has 0 aliphatic carbocycles. The van der Waals surface area contributed by atoms with Gasteiger partial charge in [-0.15, -0.1) is 0 Å². The fourth-order valence-corrected chi connectivity index (χ4v) is 5.13. The molecule has 1 fully saturated rings. The van der Waals surface area contributed by atoms with Crippen molar-refractivity contribution in [3.8, 4) is 0 Å². The average molecular weight is 617 g/mol. The molecule has 6 atom stereocenters. The smallest absolute Gasteiger partial charge is 0.306 e. The lowest BCUT2D eigenvalue weighted by atomic mass is 9.99. The second kappa shape index (κ2) is 27.3. The van der Waals surface area contributed by atoms with Gasteiger partial charge in [0.25, 0.3) is 0 Å². The van der Waals surface area contributed by atoms with Gasteiger partial charge in [0.1, 0.15) is 30.5 Å². The van der Waals surface area contributed by atoms with Crippen molar-refractivity contribution >= 4 is 5.97 Å². The first-order valence-electron chi connectivity index (χ1n) is 17.3. The number of unbranched alkanes of at least 4 members (excludes halogenated alkanes) is 15. The molecule has 0 radical (unpaired) electrons. The Kier molecular flexibility index (Phi) is 25.3. The van der Waals surface area contributed by atoms with E-state index in [0.29, 0.717) is 13.0 Å². The predicted molar refractivity (Wildman–Crippen MR) is 169 cm³/mol. The third kappa shape index (κ3) is 19.8. The normalized spacial score (nSPS) is 23.2. The van der Waals surface area contributed by atoms with E-state index >= 15 is 0 Å². The molecular formula is C34H64O9. The maximum Gasteiger partial charge on any atom is 0.306 e. The number of ether oxygens (including phenoxy) is 4. The zero-order chi connectivity index (χ0) is 31.5. The molecule has 1 aliphatic rings. The number of hydrogen-bond acceptors (Lipinski definition) is 9. The van der Waals surface area contributed by atoms with Crippen LogP contribution in [0.2, 0.25) is 0 Å². The van der Waals surface area contributed by atoms with Gasteiger partial charge >= 0.3 is 5.97 Å². The fourth-order valence-electron chi connectivity index (χ4n) is 5.13. The quantitative estimate of drug-likeness (QED) is 0.0493. The highest BCUT2D eigenvalue weighted by atomic mass is 16.7. The third-order valence-electron chi connectivity index (χ3n) is 7.93. The van der Waals surface area contributed by atoms with Crippen LogP contribution in [0.15, 0.2) is 12.2 Å². The highest BCUT2D eigenvalue weighted by Crippen LogP contribution is 2.22. The number of carbonyl (C=O) groups is 1. The molecule has 6 unspecified atom stereocenters. The molecule has 0 spiro atoms. The second-order valence-electron chi connectivity index (χ2n) is 12.0. The number of allylic oxidation sites excluding steroid dienone is 2. The molecule has 1 saturated heterocycles. The zero-order valence-electron chi connectivity index (χ0n) is 27.2. The van der Waals surface area contributed by atoms with Crippen LogP contribution in [0.3, 0.4) is 0 Å². The van der Waals surface area contributed by atoms with E-state index in [2.05, 4.69) is 26.0 Å². The Morgan fingerprint density at radius 2 is 1.28 bits per heavy atom. The van der Waals surface area contributed by atoms with Crippen molar-refractivity contribution < 1.29 is 44.2 Å². The number of hydrogen-bond donors (Lipinski definition) is 4. The van der Waals surface area contributed by atoms with Crippen LogP contribution >= 0.6 is 0 Å². The van der Waals surface area contributed by atoms with Crippen LogP contribution in [0.25, 0.3) is 0 Å². The molecule has 1 rings (SSSR count). The topological polar surface area (TPSA) is 135 Å². The molecule has 4 N–H and O–H groups in total. The van der Waals surface area contributed by atoms with E-state index in [-0.39, 0.29) is 19.2 Å². The van der Waals surface area contributed by atoms with Crippen LogP contribution in [-0.2, 0) is 23.7 Å². The molecule has 9 heteroatoms. The molecule has 43 heavy (non-hydrogen) atoms. The number of aliphatic hydroxyl groups excluding tert-OH is 4. The highest BCUT2D eigenvalue weighted by molar-refractivity contribution is 5.69. The molecule has 0 aromatic carbocycles. The van der Waals surface area contributed by atoms with Gasteiger partial charge in [-0.3, -0.25) is 4.79 Å². The van der Waals surface area contributed by atoms with Gasteiger partial charge in [-0.05, 0) is 38.5 Å². The Hall–Kier alpha value is -1.07. The molecule has 1 heterocycles. The Morgan fingerprint density at radius 3 is 1.88 bits per heavy atom. The van der Waals surface area contributed by atoms with Crippen molar-refractivity contribution in [1.82, 2.24) is 0 Å². The van der Waals surface area contributed by atoms with E-state index in [0.717, 1.165) is 44.9 Å². The standard InChI is InChI=1S/C34H64O9/c1-3-5-7-9-10-11-12-13-14-15-16-17-18-20-22-24-40-26-28(42-30(36)23-21-19-8-6-4-2)27-41-34-33(39)32(38)31(37)29(25-35)43-34/h12-13,28-29,31-35,37-39H,3-11,14-27H2,1-2H3/b13-12-. The summed E-state index contributed by atoms with van der Waals surface area (Å²) in [5, 5.41) is 39.7. The molecule has 0 bridgehead atoms. The van der Waals surface area contributed by atoms with Crippen LogP contribution in [0.4, 0.5) is 0 Å². The van der Waals surface area contributed by atoms with Crippen molar-refractivity contribution in [3.63, 3.8) is 0 Å². The van der Waals surface area contributed by atoms with Crippen LogP contribution < -0.4 is 0 Å². The van der Waals surface area contributed by atoms with E-state index in [1.807, 2.05) is 0 Å². The molecule has 0 amide bonds. The Labute approximate surface area is 261 Å². The summed E-state index contributed by atoms with van der Waals surface area (Å²) < 4.78 is 22.5. The third-order valence-corrected chi connectivity index (χ3v) is 7.93. The van der Waals surface area contributed by atoms with E-state index in [4.69, 9.17) is 18.9 Å². The van der Waals surface area contributed by atoms with Crippen LogP contribution in [-0.4, -0.2) is 89.6 Å². The minimum Gasteiger partial charge on any atom is -0.457 e. The predicted octanol–water partition coefficient (Wildman–Crippen LogP) is 5.74. The highest BCUT2D eigenvalue weighted by Gasteiger charge is 2.44. The maximum atomic E-state index is 12.5. The summed E-state index contributed by atoms with van der Waals surface area (Å²) in [6, 6.07) is 0.